The van der Waals surface area contributed by atoms with E-state index in [0.717, 1.165) is 11.1 Å². The second-order valence-corrected chi connectivity index (χ2v) is 7.52. The molecule has 0 unspecified atom stereocenters. The fourth-order valence-corrected chi connectivity index (χ4v) is 3.34. The van der Waals surface area contributed by atoms with Gasteiger partial charge in [-0.1, -0.05) is 59.6 Å². The van der Waals surface area contributed by atoms with Gasteiger partial charge in [0.25, 0.3) is 0 Å². The lowest BCUT2D eigenvalue weighted by molar-refractivity contribution is 0.460. The predicted molar refractivity (Wildman–Crippen MR) is 121 cm³/mol. The van der Waals surface area contributed by atoms with E-state index in [9.17, 15) is 9.50 Å². The molecular formula is C23H16Cl2FN3O. The van der Waals surface area contributed by atoms with Crippen LogP contribution in [0.25, 0.3) is 23.1 Å². The summed E-state index contributed by atoms with van der Waals surface area (Å²) in [5.41, 5.74) is 3.62. The van der Waals surface area contributed by atoms with Crippen LogP contribution in [-0.4, -0.2) is 15.1 Å². The Morgan fingerprint density at radius 2 is 1.70 bits per heavy atom. The number of nitrogens with zero attached hydrogens (tertiary/aromatic N) is 2. The molecule has 7 heteroatoms. The Bertz CT molecular complexity index is 1290. The van der Waals surface area contributed by atoms with E-state index in [1.807, 2.05) is 37.3 Å². The third kappa shape index (κ3) is 4.22. The number of fused-ring (bicyclic) bond motifs is 1. The third-order valence-electron chi connectivity index (χ3n) is 4.58. The lowest BCUT2D eigenvalue weighted by Crippen LogP contribution is -1.99. The van der Waals surface area contributed by atoms with Crippen LogP contribution >= 0.6 is 23.2 Å². The van der Waals surface area contributed by atoms with Gasteiger partial charge in [0.05, 0.1) is 20.9 Å². The normalized spacial score (nSPS) is 11.3. The van der Waals surface area contributed by atoms with Gasteiger partial charge in [0.15, 0.2) is 0 Å². The molecule has 150 valence electrons. The van der Waals surface area contributed by atoms with E-state index in [1.54, 1.807) is 24.3 Å². The molecule has 4 rings (SSSR count). The van der Waals surface area contributed by atoms with Crippen LogP contribution in [0.15, 0.2) is 54.6 Å². The molecule has 1 heterocycles. The van der Waals surface area contributed by atoms with Gasteiger partial charge in [0, 0.05) is 11.3 Å². The SMILES string of the molecule is Cc1ccccc1C=Cc1cc(F)cc2c(O)nc(Nc3ccc(Cl)c(Cl)c3)nc12. The van der Waals surface area contributed by atoms with E-state index in [0.29, 0.717) is 26.8 Å². The van der Waals surface area contributed by atoms with Gasteiger partial charge in [-0.2, -0.15) is 4.98 Å². The standard InChI is InChI=1S/C23H16Cl2FN3O/c1-13-4-2-3-5-14(13)6-7-15-10-16(26)11-18-21(15)28-23(29-22(18)30)27-17-8-9-19(24)20(25)12-17/h2-12H,1H3,(H2,27,28,29,30). The molecule has 3 aromatic carbocycles. The molecule has 2 N–H and O–H groups in total. The number of aromatic nitrogens is 2. The molecule has 0 radical (unpaired) electrons. The maximum atomic E-state index is 14.2. The summed E-state index contributed by atoms with van der Waals surface area (Å²) in [6.45, 7) is 2.00. The van der Waals surface area contributed by atoms with E-state index in [1.165, 1.54) is 12.1 Å². The molecule has 4 nitrogen and oxygen atoms in total. The first-order valence-electron chi connectivity index (χ1n) is 9.07. The smallest absolute Gasteiger partial charge is 0.231 e. The summed E-state index contributed by atoms with van der Waals surface area (Å²) >= 11 is 12.0. The van der Waals surface area contributed by atoms with Crippen molar-refractivity contribution in [1.82, 2.24) is 9.97 Å². The minimum atomic E-state index is -0.490. The number of aryl methyl sites for hydroxylation is 1. The van der Waals surface area contributed by atoms with E-state index in [2.05, 4.69) is 15.3 Å². The fourth-order valence-electron chi connectivity index (χ4n) is 3.05. The van der Waals surface area contributed by atoms with Crippen molar-refractivity contribution in [3.8, 4) is 5.88 Å². The number of rotatable bonds is 4. The molecule has 0 bridgehead atoms. The van der Waals surface area contributed by atoms with Gasteiger partial charge < -0.3 is 10.4 Å². The highest BCUT2D eigenvalue weighted by molar-refractivity contribution is 6.42. The first kappa shape index (κ1) is 20.1. The van der Waals surface area contributed by atoms with Crippen molar-refractivity contribution in [2.45, 2.75) is 6.92 Å². The van der Waals surface area contributed by atoms with Crippen molar-refractivity contribution in [2.75, 3.05) is 5.32 Å². The first-order valence-corrected chi connectivity index (χ1v) is 9.82. The number of nitrogens with one attached hydrogen (secondary N) is 1. The minimum Gasteiger partial charge on any atom is -0.493 e. The molecule has 4 aromatic rings. The predicted octanol–water partition coefficient (Wildman–Crippen LogP) is 7.00. The van der Waals surface area contributed by atoms with Gasteiger partial charge in [0.1, 0.15) is 5.82 Å². The summed E-state index contributed by atoms with van der Waals surface area (Å²) in [6.07, 6.45) is 3.65. The molecule has 0 spiro atoms. The van der Waals surface area contributed by atoms with Crippen LogP contribution in [0.5, 0.6) is 5.88 Å². The van der Waals surface area contributed by atoms with Crippen molar-refractivity contribution in [3.63, 3.8) is 0 Å². The van der Waals surface area contributed by atoms with Gasteiger partial charge in [0.2, 0.25) is 11.8 Å². The molecule has 0 fully saturated rings. The molecule has 0 saturated carbocycles. The Kier molecular flexibility index (Phi) is 5.57. The topological polar surface area (TPSA) is 58.0 Å². The largest absolute Gasteiger partial charge is 0.493 e. The fraction of sp³-hybridized carbons (Fsp3) is 0.0435. The zero-order chi connectivity index (χ0) is 21.3. The summed E-state index contributed by atoms with van der Waals surface area (Å²) < 4.78 is 14.2. The molecule has 0 atom stereocenters. The van der Waals surface area contributed by atoms with Gasteiger partial charge in [-0.3, -0.25) is 0 Å². The van der Waals surface area contributed by atoms with Gasteiger partial charge in [-0.25, -0.2) is 9.37 Å². The second kappa shape index (κ2) is 8.30. The number of halogens is 3. The summed E-state index contributed by atoms with van der Waals surface area (Å²) in [6, 6.07) is 15.4. The van der Waals surface area contributed by atoms with Crippen LogP contribution < -0.4 is 5.32 Å². The van der Waals surface area contributed by atoms with Crippen LogP contribution in [0.4, 0.5) is 16.0 Å². The Morgan fingerprint density at radius 3 is 2.47 bits per heavy atom. The van der Waals surface area contributed by atoms with Crippen LogP contribution in [0.1, 0.15) is 16.7 Å². The average molecular weight is 440 g/mol. The molecule has 0 aliphatic carbocycles. The summed E-state index contributed by atoms with van der Waals surface area (Å²) in [5, 5.41) is 14.4. The van der Waals surface area contributed by atoms with Crippen molar-refractivity contribution in [1.29, 1.82) is 0 Å². The van der Waals surface area contributed by atoms with Crippen LogP contribution in [0.2, 0.25) is 10.0 Å². The lowest BCUT2D eigenvalue weighted by atomic mass is 10.1. The number of anilines is 2. The quantitative estimate of drug-likeness (QED) is 0.336. The number of aromatic hydroxyl groups is 1. The van der Waals surface area contributed by atoms with Crippen LogP contribution in [0.3, 0.4) is 0 Å². The molecule has 30 heavy (non-hydrogen) atoms. The third-order valence-corrected chi connectivity index (χ3v) is 5.32. The zero-order valence-electron chi connectivity index (χ0n) is 15.8. The zero-order valence-corrected chi connectivity index (χ0v) is 17.3. The highest BCUT2D eigenvalue weighted by Crippen LogP contribution is 2.31. The Hall–Kier alpha value is -3.15. The number of hydrogen-bond donors (Lipinski definition) is 2. The monoisotopic (exact) mass is 439 g/mol. The minimum absolute atomic E-state index is 0.149. The molecular weight excluding hydrogens is 424 g/mol. The summed E-state index contributed by atoms with van der Waals surface area (Å²) in [7, 11) is 0. The molecule has 0 aliphatic heterocycles. The maximum absolute atomic E-state index is 14.2. The van der Waals surface area contributed by atoms with Gasteiger partial charge in [-0.05, 0) is 48.4 Å². The lowest BCUT2D eigenvalue weighted by Gasteiger charge is -2.10. The van der Waals surface area contributed by atoms with E-state index < -0.39 is 5.82 Å². The van der Waals surface area contributed by atoms with Crippen molar-refractivity contribution in [2.24, 2.45) is 0 Å². The second-order valence-electron chi connectivity index (χ2n) is 6.71. The summed E-state index contributed by atoms with van der Waals surface area (Å²) in [5.74, 6) is -0.667. The summed E-state index contributed by atoms with van der Waals surface area (Å²) in [4.78, 5) is 8.51. The Labute approximate surface area is 182 Å². The average Bonchev–Trinajstić information content (AvgIpc) is 2.71. The molecule has 0 saturated heterocycles. The van der Waals surface area contributed by atoms with E-state index in [4.69, 9.17) is 23.2 Å². The van der Waals surface area contributed by atoms with Crippen molar-refractivity contribution >= 4 is 57.9 Å². The van der Waals surface area contributed by atoms with Crippen molar-refractivity contribution in [3.05, 3.63) is 87.2 Å². The van der Waals surface area contributed by atoms with Crippen LogP contribution in [0, 0.1) is 12.7 Å². The highest BCUT2D eigenvalue weighted by Gasteiger charge is 2.12. The molecule has 0 amide bonds. The van der Waals surface area contributed by atoms with E-state index in [-0.39, 0.29) is 17.2 Å². The molecule has 0 aliphatic rings. The Morgan fingerprint density at radius 1 is 0.933 bits per heavy atom. The Balaban J connectivity index is 1.78. The first-order chi connectivity index (χ1) is 14.4. The van der Waals surface area contributed by atoms with E-state index >= 15 is 0 Å². The van der Waals surface area contributed by atoms with Gasteiger partial charge >= 0.3 is 0 Å². The number of benzene rings is 3. The van der Waals surface area contributed by atoms with Crippen LogP contribution in [-0.2, 0) is 0 Å². The van der Waals surface area contributed by atoms with Gasteiger partial charge in [-0.15, -0.1) is 0 Å². The number of hydrogen-bond acceptors (Lipinski definition) is 4. The molecule has 1 aromatic heterocycles. The maximum Gasteiger partial charge on any atom is 0.231 e. The highest BCUT2D eigenvalue weighted by atomic mass is 35.5. The van der Waals surface area contributed by atoms with Crippen molar-refractivity contribution < 1.29 is 9.50 Å².